The molecule has 1 fully saturated rings. The van der Waals surface area contributed by atoms with Crippen molar-refractivity contribution in [2.75, 3.05) is 18.0 Å². The Labute approximate surface area is 129 Å². The van der Waals surface area contributed by atoms with Crippen molar-refractivity contribution in [1.82, 2.24) is 9.97 Å². The number of hydrogen-bond donors (Lipinski definition) is 0. The van der Waals surface area contributed by atoms with Gasteiger partial charge in [-0.3, -0.25) is 0 Å². The van der Waals surface area contributed by atoms with E-state index >= 15 is 0 Å². The summed E-state index contributed by atoms with van der Waals surface area (Å²) in [7, 11) is 0. The van der Waals surface area contributed by atoms with Gasteiger partial charge < -0.3 is 9.64 Å². The molecule has 1 aromatic heterocycles. The van der Waals surface area contributed by atoms with Crippen LogP contribution in [-0.2, 0) is 6.18 Å². The summed E-state index contributed by atoms with van der Waals surface area (Å²) in [5, 5.41) is 0. The topological polar surface area (TPSA) is 38.3 Å². The van der Waals surface area contributed by atoms with Crippen LogP contribution in [0.5, 0.6) is 11.5 Å². The maximum atomic E-state index is 13.7. The van der Waals surface area contributed by atoms with Crippen molar-refractivity contribution in [3.63, 3.8) is 0 Å². The predicted octanol–water partition coefficient (Wildman–Crippen LogP) is 4.03. The Morgan fingerprint density at radius 1 is 0.957 bits per heavy atom. The van der Waals surface area contributed by atoms with Crippen molar-refractivity contribution < 1.29 is 22.3 Å². The quantitative estimate of drug-likeness (QED) is 0.798. The van der Waals surface area contributed by atoms with Crippen molar-refractivity contribution in [2.24, 2.45) is 0 Å². The van der Waals surface area contributed by atoms with E-state index < -0.39 is 17.8 Å². The molecule has 0 amide bonds. The van der Waals surface area contributed by atoms with E-state index in [9.17, 15) is 17.6 Å². The van der Waals surface area contributed by atoms with Gasteiger partial charge in [-0.05, 0) is 18.9 Å². The van der Waals surface area contributed by atoms with E-state index in [0.717, 1.165) is 44.4 Å². The molecule has 23 heavy (non-hydrogen) atoms. The predicted molar refractivity (Wildman–Crippen MR) is 75.0 cm³/mol. The SMILES string of the molecule is Fc1cc(Oc2cnc(C(F)(F)F)nc2)cc(N2CCCC2)c1. The minimum atomic E-state index is -4.61. The van der Waals surface area contributed by atoms with Crippen LogP contribution < -0.4 is 9.64 Å². The molecule has 0 radical (unpaired) electrons. The number of aromatic nitrogens is 2. The Morgan fingerprint density at radius 3 is 2.22 bits per heavy atom. The van der Waals surface area contributed by atoms with E-state index in [4.69, 9.17) is 4.74 Å². The van der Waals surface area contributed by atoms with Gasteiger partial charge >= 0.3 is 6.18 Å². The molecule has 1 aliphatic rings. The van der Waals surface area contributed by atoms with Crippen LogP contribution in [0, 0.1) is 5.82 Å². The molecule has 0 atom stereocenters. The summed E-state index contributed by atoms with van der Waals surface area (Å²) in [5.41, 5.74) is 0.685. The van der Waals surface area contributed by atoms with Gasteiger partial charge in [-0.25, -0.2) is 14.4 Å². The van der Waals surface area contributed by atoms with Crippen LogP contribution in [0.25, 0.3) is 0 Å². The van der Waals surface area contributed by atoms with Crippen molar-refractivity contribution >= 4 is 5.69 Å². The lowest BCUT2D eigenvalue weighted by Gasteiger charge is -2.18. The van der Waals surface area contributed by atoms with E-state index in [2.05, 4.69) is 9.97 Å². The van der Waals surface area contributed by atoms with Gasteiger partial charge in [0.05, 0.1) is 12.4 Å². The molecule has 2 aromatic rings. The fourth-order valence-electron chi connectivity index (χ4n) is 2.42. The van der Waals surface area contributed by atoms with Gasteiger partial charge in [-0.1, -0.05) is 0 Å². The lowest BCUT2D eigenvalue weighted by Crippen LogP contribution is -2.17. The van der Waals surface area contributed by atoms with Crippen LogP contribution in [0.4, 0.5) is 23.2 Å². The molecule has 8 heteroatoms. The van der Waals surface area contributed by atoms with E-state index in [1.807, 2.05) is 4.90 Å². The molecule has 2 heterocycles. The van der Waals surface area contributed by atoms with Gasteiger partial charge in [-0.15, -0.1) is 0 Å². The van der Waals surface area contributed by atoms with Crippen LogP contribution in [0.2, 0.25) is 0 Å². The summed E-state index contributed by atoms with van der Waals surface area (Å²) < 4.78 is 56.3. The van der Waals surface area contributed by atoms with Gasteiger partial charge in [0.15, 0.2) is 5.75 Å². The molecular formula is C15H13F4N3O. The summed E-state index contributed by atoms with van der Waals surface area (Å²) in [5.74, 6) is -1.52. The van der Waals surface area contributed by atoms with Gasteiger partial charge in [0, 0.05) is 30.9 Å². The molecule has 0 N–H and O–H groups in total. The number of halogens is 4. The largest absolute Gasteiger partial charge is 0.454 e. The molecule has 0 unspecified atom stereocenters. The van der Waals surface area contributed by atoms with Crippen molar-refractivity contribution in [3.05, 3.63) is 42.2 Å². The first-order valence-electron chi connectivity index (χ1n) is 7.04. The maximum Gasteiger partial charge on any atom is 0.451 e. The molecule has 122 valence electrons. The average molecular weight is 327 g/mol. The number of nitrogens with zero attached hydrogens (tertiary/aromatic N) is 3. The third kappa shape index (κ3) is 3.69. The average Bonchev–Trinajstić information content (AvgIpc) is 3.00. The number of alkyl halides is 3. The maximum absolute atomic E-state index is 13.7. The first-order valence-corrected chi connectivity index (χ1v) is 7.04. The number of rotatable bonds is 3. The molecule has 1 aliphatic heterocycles. The third-order valence-corrected chi connectivity index (χ3v) is 3.44. The van der Waals surface area contributed by atoms with E-state index in [1.165, 1.54) is 6.07 Å². The second kappa shape index (κ2) is 6.02. The van der Waals surface area contributed by atoms with Gasteiger partial charge in [0.2, 0.25) is 5.82 Å². The van der Waals surface area contributed by atoms with Gasteiger partial charge in [0.1, 0.15) is 11.6 Å². The summed E-state index contributed by atoms with van der Waals surface area (Å²) in [6, 6.07) is 4.21. The van der Waals surface area contributed by atoms with E-state index in [0.29, 0.717) is 5.69 Å². The van der Waals surface area contributed by atoms with Crippen molar-refractivity contribution in [1.29, 1.82) is 0 Å². The first-order chi connectivity index (χ1) is 10.9. The summed E-state index contributed by atoms with van der Waals surface area (Å²) >= 11 is 0. The number of hydrogen-bond acceptors (Lipinski definition) is 4. The Balaban J connectivity index is 1.79. The Morgan fingerprint density at radius 2 is 1.61 bits per heavy atom. The Kier molecular flexibility index (Phi) is 4.06. The van der Waals surface area contributed by atoms with Gasteiger partial charge in [0.25, 0.3) is 0 Å². The lowest BCUT2D eigenvalue weighted by atomic mass is 10.2. The van der Waals surface area contributed by atoms with Crippen LogP contribution in [0.1, 0.15) is 18.7 Å². The highest BCUT2D eigenvalue weighted by Crippen LogP contribution is 2.30. The monoisotopic (exact) mass is 327 g/mol. The minimum Gasteiger partial charge on any atom is -0.454 e. The van der Waals surface area contributed by atoms with E-state index in [-0.39, 0.29) is 11.5 Å². The zero-order valence-electron chi connectivity index (χ0n) is 12.0. The van der Waals surface area contributed by atoms with E-state index in [1.54, 1.807) is 6.07 Å². The Bertz CT molecular complexity index is 682. The van der Waals surface area contributed by atoms with Crippen LogP contribution >= 0.6 is 0 Å². The van der Waals surface area contributed by atoms with Crippen LogP contribution in [0.15, 0.2) is 30.6 Å². The zero-order valence-corrected chi connectivity index (χ0v) is 12.0. The highest BCUT2D eigenvalue weighted by Gasteiger charge is 2.34. The minimum absolute atomic E-state index is 0.0102. The molecule has 1 aromatic carbocycles. The molecule has 0 saturated carbocycles. The molecular weight excluding hydrogens is 314 g/mol. The molecule has 3 rings (SSSR count). The standard InChI is InChI=1S/C15H13F4N3O/c16-10-5-11(22-3-1-2-4-22)7-12(6-10)23-13-8-20-14(21-9-13)15(17,18)19/h5-9H,1-4H2. The Hall–Kier alpha value is -2.38. The summed E-state index contributed by atoms with van der Waals surface area (Å²) in [6.45, 7) is 1.68. The molecule has 1 saturated heterocycles. The fraction of sp³-hybridized carbons (Fsp3) is 0.333. The second-order valence-corrected chi connectivity index (χ2v) is 5.18. The number of ether oxygens (including phenoxy) is 1. The van der Waals surface area contributed by atoms with Crippen LogP contribution in [0.3, 0.4) is 0 Å². The summed E-state index contributed by atoms with van der Waals surface area (Å²) in [4.78, 5) is 8.43. The fourth-order valence-corrected chi connectivity index (χ4v) is 2.42. The first kappa shape index (κ1) is 15.5. The van der Waals surface area contributed by atoms with Gasteiger partial charge in [-0.2, -0.15) is 13.2 Å². The van der Waals surface area contributed by atoms with Crippen LogP contribution in [-0.4, -0.2) is 23.1 Å². The highest BCUT2D eigenvalue weighted by molar-refractivity contribution is 5.52. The molecule has 0 bridgehead atoms. The second-order valence-electron chi connectivity index (χ2n) is 5.18. The highest BCUT2D eigenvalue weighted by atomic mass is 19.4. The number of anilines is 1. The smallest absolute Gasteiger partial charge is 0.451 e. The lowest BCUT2D eigenvalue weighted by molar-refractivity contribution is -0.145. The normalized spacial score (nSPS) is 15.0. The third-order valence-electron chi connectivity index (χ3n) is 3.44. The molecule has 0 aliphatic carbocycles. The van der Waals surface area contributed by atoms with Crippen molar-refractivity contribution in [3.8, 4) is 11.5 Å². The zero-order chi connectivity index (χ0) is 16.4. The number of benzene rings is 1. The summed E-state index contributed by atoms with van der Waals surface area (Å²) in [6.07, 6.45) is -0.703. The molecule has 4 nitrogen and oxygen atoms in total. The van der Waals surface area contributed by atoms with Crippen molar-refractivity contribution in [2.45, 2.75) is 19.0 Å². The molecule has 0 spiro atoms.